The topological polar surface area (TPSA) is 56.0 Å². The normalized spacial score (nSPS) is 9.44. The maximum atomic E-state index is 10.1. The molecule has 0 spiro atoms. The van der Waals surface area contributed by atoms with Crippen LogP contribution in [0.2, 0.25) is 0 Å². The first-order valence-corrected chi connectivity index (χ1v) is 3.05. The second kappa shape index (κ2) is 2.10. The van der Waals surface area contributed by atoms with Gasteiger partial charge in [0.05, 0.1) is 9.80 Å². The summed E-state index contributed by atoms with van der Waals surface area (Å²) < 4.78 is 3.64. The fourth-order valence-corrected chi connectivity index (χ4v) is 1.00. The summed E-state index contributed by atoms with van der Waals surface area (Å²) in [6.45, 7) is 1.68. The lowest BCUT2D eigenvalue weighted by Crippen LogP contribution is -1.85. The fraction of sp³-hybridized carbons (Fsp3) is 0.250. The van der Waals surface area contributed by atoms with Gasteiger partial charge in [-0.05, 0) is 18.5 Å². The average molecular weight is 144 g/mol. The van der Waals surface area contributed by atoms with Gasteiger partial charge in [0.2, 0.25) is 0 Å². The summed E-state index contributed by atoms with van der Waals surface area (Å²) in [5, 5.41) is 10.1. The number of hydrogen-bond donors (Lipinski definition) is 0. The number of aromatic nitrogens is 1. The van der Waals surface area contributed by atoms with Crippen LogP contribution in [0.5, 0.6) is 0 Å². The minimum Gasteiger partial charge on any atom is -0.258 e. The summed E-state index contributed by atoms with van der Waals surface area (Å²) in [5.74, 6) is 0. The molecule has 0 amide bonds. The van der Waals surface area contributed by atoms with Gasteiger partial charge >= 0.3 is 5.69 Å². The predicted molar refractivity (Wildman–Crippen MR) is 33.5 cm³/mol. The van der Waals surface area contributed by atoms with E-state index in [9.17, 15) is 10.1 Å². The van der Waals surface area contributed by atoms with Crippen LogP contribution in [-0.2, 0) is 0 Å². The molecule has 0 fully saturated rings. The molecule has 0 bridgehead atoms. The highest BCUT2D eigenvalue weighted by Gasteiger charge is 2.10. The Morgan fingerprint density at radius 3 is 2.78 bits per heavy atom. The molecule has 0 aliphatic heterocycles. The summed E-state index contributed by atoms with van der Waals surface area (Å²) in [7, 11) is 0. The van der Waals surface area contributed by atoms with Gasteiger partial charge in [-0.25, -0.2) is 0 Å². The molecule has 0 radical (unpaired) electrons. The molecule has 0 saturated carbocycles. The van der Waals surface area contributed by atoms with E-state index < -0.39 is 4.92 Å². The third-order valence-corrected chi connectivity index (χ3v) is 1.62. The second-order valence-electron chi connectivity index (χ2n) is 1.52. The Hall–Kier alpha value is -0.970. The average Bonchev–Trinajstić information content (AvgIpc) is 2.13. The van der Waals surface area contributed by atoms with E-state index in [-0.39, 0.29) is 5.69 Å². The van der Waals surface area contributed by atoms with Crippen molar-refractivity contribution in [1.29, 1.82) is 0 Å². The maximum Gasteiger partial charge on any atom is 0.302 e. The van der Waals surface area contributed by atoms with Crippen LogP contribution in [-0.4, -0.2) is 9.30 Å². The number of nitro groups is 1. The zero-order valence-electron chi connectivity index (χ0n) is 4.70. The SMILES string of the molecule is Cc1sncc1[N+](=O)[O-]. The fourth-order valence-electron chi connectivity index (χ4n) is 0.469. The summed E-state index contributed by atoms with van der Waals surface area (Å²) in [6.07, 6.45) is 1.26. The molecule has 0 N–H and O–H groups in total. The van der Waals surface area contributed by atoms with Gasteiger partial charge in [0, 0.05) is 0 Å². The molecule has 0 atom stereocenters. The van der Waals surface area contributed by atoms with Crippen molar-refractivity contribution in [2.45, 2.75) is 6.92 Å². The zero-order chi connectivity index (χ0) is 6.85. The molecule has 5 heteroatoms. The molecule has 0 unspecified atom stereocenters. The standard InChI is InChI=1S/C4H4N2O2S/c1-3-4(6(7)8)2-5-9-3/h2H,1H3. The minimum absolute atomic E-state index is 0.111. The summed E-state index contributed by atoms with van der Waals surface area (Å²) >= 11 is 1.14. The zero-order valence-corrected chi connectivity index (χ0v) is 5.51. The molecule has 1 aromatic rings. The highest BCUT2D eigenvalue weighted by molar-refractivity contribution is 7.06. The van der Waals surface area contributed by atoms with Crippen molar-refractivity contribution in [3.8, 4) is 0 Å². The first-order valence-electron chi connectivity index (χ1n) is 2.27. The molecular weight excluding hydrogens is 140 g/mol. The molecule has 1 aromatic heterocycles. The summed E-state index contributed by atoms with van der Waals surface area (Å²) in [5.41, 5.74) is 0.111. The molecule has 0 aliphatic rings. The van der Waals surface area contributed by atoms with Crippen LogP contribution in [0.25, 0.3) is 0 Å². The van der Waals surface area contributed by atoms with E-state index in [1.807, 2.05) is 0 Å². The molecule has 0 saturated heterocycles. The van der Waals surface area contributed by atoms with Crippen molar-refractivity contribution in [3.63, 3.8) is 0 Å². The second-order valence-corrected chi connectivity index (χ2v) is 2.53. The lowest BCUT2D eigenvalue weighted by molar-refractivity contribution is -0.385. The number of aryl methyl sites for hydroxylation is 1. The largest absolute Gasteiger partial charge is 0.302 e. The smallest absolute Gasteiger partial charge is 0.258 e. The Morgan fingerprint density at radius 2 is 2.56 bits per heavy atom. The van der Waals surface area contributed by atoms with Crippen LogP contribution >= 0.6 is 11.5 Å². The van der Waals surface area contributed by atoms with E-state index in [0.717, 1.165) is 11.5 Å². The van der Waals surface area contributed by atoms with E-state index >= 15 is 0 Å². The van der Waals surface area contributed by atoms with Gasteiger partial charge in [-0.2, -0.15) is 4.37 Å². The predicted octanol–water partition coefficient (Wildman–Crippen LogP) is 1.36. The van der Waals surface area contributed by atoms with Crippen LogP contribution in [0.1, 0.15) is 4.88 Å². The molecule has 9 heavy (non-hydrogen) atoms. The minimum atomic E-state index is -0.432. The van der Waals surface area contributed by atoms with Gasteiger partial charge in [0.25, 0.3) is 0 Å². The molecule has 0 aromatic carbocycles. The van der Waals surface area contributed by atoms with Gasteiger partial charge in [-0.3, -0.25) is 10.1 Å². The number of nitrogens with zero attached hydrogens (tertiary/aromatic N) is 2. The molecular formula is C4H4N2O2S. The molecule has 1 heterocycles. The summed E-state index contributed by atoms with van der Waals surface area (Å²) in [4.78, 5) is 10.3. The molecule has 0 aliphatic carbocycles. The highest BCUT2D eigenvalue weighted by atomic mass is 32.1. The first kappa shape index (κ1) is 6.15. The van der Waals surface area contributed by atoms with Crippen LogP contribution in [0.4, 0.5) is 5.69 Å². The van der Waals surface area contributed by atoms with Crippen molar-refractivity contribution >= 4 is 17.2 Å². The van der Waals surface area contributed by atoms with E-state index in [1.54, 1.807) is 6.92 Å². The van der Waals surface area contributed by atoms with E-state index in [1.165, 1.54) is 6.20 Å². The van der Waals surface area contributed by atoms with E-state index in [4.69, 9.17) is 0 Å². The Bertz CT molecular complexity index is 232. The molecule has 48 valence electrons. The quantitative estimate of drug-likeness (QED) is 0.441. The monoisotopic (exact) mass is 144 g/mol. The third kappa shape index (κ3) is 1.05. The van der Waals surface area contributed by atoms with Crippen LogP contribution < -0.4 is 0 Å². The van der Waals surface area contributed by atoms with Crippen molar-refractivity contribution in [2.75, 3.05) is 0 Å². The molecule has 1 rings (SSSR count). The number of rotatable bonds is 1. The lowest BCUT2D eigenvalue weighted by atomic mass is 10.5. The molecule has 4 nitrogen and oxygen atoms in total. The highest BCUT2D eigenvalue weighted by Crippen LogP contribution is 2.18. The third-order valence-electron chi connectivity index (χ3n) is 0.922. The van der Waals surface area contributed by atoms with Gasteiger partial charge in [0.15, 0.2) is 0 Å². The van der Waals surface area contributed by atoms with Crippen molar-refractivity contribution in [3.05, 3.63) is 21.2 Å². The van der Waals surface area contributed by atoms with Crippen molar-refractivity contribution in [2.24, 2.45) is 0 Å². The lowest BCUT2D eigenvalue weighted by Gasteiger charge is -1.81. The van der Waals surface area contributed by atoms with E-state index in [0.29, 0.717) is 4.88 Å². The summed E-state index contributed by atoms with van der Waals surface area (Å²) in [6, 6.07) is 0. The van der Waals surface area contributed by atoms with Crippen LogP contribution in [0.3, 0.4) is 0 Å². The van der Waals surface area contributed by atoms with Gasteiger partial charge in [-0.15, -0.1) is 0 Å². The van der Waals surface area contributed by atoms with Crippen LogP contribution in [0.15, 0.2) is 6.20 Å². The van der Waals surface area contributed by atoms with E-state index in [2.05, 4.69) is 4.37 Å². The Kier molecular flexibility index (Phi) is 1.44. The van der Waals surface area contributed by atoms with Crippen LogP contribution in [0, 0.1) is 17.0 Å². The van der Waals surface area contributed by atoms with Gasteiger partial charge in [0.1, 0.15) is 6.20 Å². The Balaban J connectivity index is 3.08. The van der Waals surface area contributed by atoms with Crippen molar-refractivity contribution in [1.82, 2.24) is 4.37 Å². The van der Waals surface area contributed by atoms with Gasteiger partial charge in [-0.1, -0.05) is 0 Å². The van der Waals surface area contributed by atoms with Gasteiger partial charge < -0.3 is 0 Å². The Labute approximate surface area is 55.5 Å². The van der Waals surface area contributed by atoms with Crippen molar-refractivity contribution < 1.29 is 4.92 Å². The Morgan fingerprint density at radius 1 is 1.89 bits per heavy atom. The first-order chi connectivity index (χ1) is 4.22. The maximum absolute atomic E-state index is 10.1. The number of hydrogen-bond acceptors (Lipinski definition) is 4.